The predicted octanol–water partition coefficient (Wildman–Crippen LogP) is 2.74. The van der Waals surface area contributed by atoms with Gasteiger partial charge in [-0.25, -0.2) is 9.97 Å². The van der Waals surface area contributed by atoms with Crippen LogP contribution in [0.25, 0.3) is 0 Å². The van der Waals surface area contributed by atoms with Crippen molar-refractivity contribution in [2.75, 3.05) is 5.73 Å². The Balaban J connectivity index is 2.33. The minimum absolute atomic E-state index is 0.555. The summed E-state index contributed by atoms with van der Waals surface area (Å²) in [4.78, 5) is 9.02. The third-order valence-electron chi connectivity index (χ3n) is 2.89. The maximum atomic E-state index is 5.90. The molecule has 1 saturated carbocycles. The third kappa shape index (κ3) is 2.24. The van der Waals surface area contributed by atoms with Gasteiger partial charge >= 0.3 is 0 Å². The van der Waals surface area contributed by atoms with E-state index in [1.54, 1.807) is 0 Å². The van der Waals surface area contributed by atoms with Crippen molar-refractivity contribution >= 4 is 28.4 Å². The lowest BCUT2D eigenvalue weighted by atomic mass is 10.2. The molecular formula is C11H16IN3. The molecule has 2 N–H and O–H groups in total. The molecule has 3 nitrogen and oxygen atoms in total. The molecule has 15 heavy (non-hydrogen) atoms. The van der Waals surface area contributed by atoms with Crippen LogP contribution in [-0.2, 0) is 6.42 Å². The standard InChI is InChI=1S/C11H16IN3/c1-3-4-8-9(12)10(13)15-11(14-8)7-5-6(7)2/h6-7H,3-5H2,1-2H3,(H2,13,14,15). The Hall–Kier alpha value is -0.390. The van der Waals surface area contributed by atoms with Crippen LogP contribution < -0.4 is 5.73 Å². The number of aryl methyl sites for hydroxylation is 1. The molecule has 1 aromatic rings. The summed E-state index contributed by atoms with van der Waals surface area (Å²) in [6.07, 6.45) is 3.32. The van der Waals surface area contributed by atoms with Gasteiger partial charge in [0.15, 0.2) is 0 Å². The van der Waals surface area contributed by atoms with Gasteiger partial charge in [0.1, 0.15) is 11.6 Å². The van der Waals surface area contributed by atoms with E-state index in [1.807, 2.05) is 0 Å². The Morgan fingerprint density at radius 2 is 2.13 bits per heavy atom. The van der Waals surface area contributed by atoms with E-state index in [0.717, 1.165) is 33.8 Å². The first kappa shape index (κ1) is 11.1. The number of aromatic nitrogens is 2. The van der Waals surface area contributed by atoms with Crippen LogP contribution in [0.5, 0.6) is 0 Å². The Bertz CT molecular complexity index is 378. The van der Waals surface area contributed by atoms with Gasteiger partial charge in [-0.05, 0) is 41.4 Å². The fourth-order valence-corrected chi connectivity index (χ4v) is 2.29. The summed E-state index contributed by atoms with van der Waals surface area (Å²) in [5.74, 6) is 2.91. The maximum Gasteiger partial charge on any atom is 0.140 e. The number of halogens is 1. The molecule has 4 heteroatoms. The first-order valence-corrected chi connectivity index (χ1v) is 6.53. The van der Waals surface area contributed by atoms with Crippen molar-refractivity contribution in [1.82, 2.24) is 9.97 Å². The molecule has 0 radical (unpaired) electrons. The third-order valence-corrected chi connectivity index (χ3v) is 4.07. The van der Waals surface area contributed by atoms with Gasteiger partial charge in [0.05, 0.1) is 9.26 Å². The summed E-state index contributed by atoms with van der Waals surface area (Å²) >= 11 is 2.24. The molecule has 1 aliphatic rings. The molecular weight excluding hydrogens is 301 g/mol. The normalized spacial score (nSPS) is 24.2. The van der Waals surface area contributed by atoms with Crippen molar-refractivity contribution < 1.29 is 0 Å². The van der Waals surface area contributed by atoms with Crippen LogP contribution in [0, 0.1) is 9.49 Å². The number of anilines is 1. The van der Waals surface area contributed by atoms with Gasteiger partial charge in [0.25, 0.3) is 0 Å². The minimum Gasteiger partial charge on any atom is -0.383 e. The van der Waals surface area contributed by atoms with Gasteiger partial charge < -0.3 is 5.73 Å². The number of nitrogen functional groups attached to an aromatic ring is 1. The molecule has 2 rings (SSSR count). The van der Waals surface area contributed by atoms with Crippen LogP contribution in [0.15, 0.2) is 0 Å². The van der Waals surface area contributed by atoms with Crippen molar-refractivity contribution in [3.8, 4) is 0 Å². The molecule has 2 atom stereocenters. The van der Waals surface area contributed by atoms with E-state index in [1.165, 1.54) is 6.42 Å². The summed E-state index contributed by atoms with van der Waals surface area (Å²) < 4.78 is 1.03. The summed E-state index contributed by atoms with van der Waals surface area (Å²) in [5.41, 5.74) is 7.03. The molecule has 2 unspecified atom stereocenters. The summed E-state index contributed by atoms with van der Waals surface area (Å²) in [5, 5.41) is 0. The Morgan fingerprint density at radius 1 is 1.47 bits per heavy atom. The van der Waals surface area contributed by atoms with E-state index in [0.29, 0.717) is 11.7 Å². The number of nitrogens with zero attached hydrogens (tertiary/aromatic N) is 2. The van der Waals surface area contributed by atoms with Crippen molar-refractivity contribution in [3.05, 3.63) is 15.1 Å². The first-order chi connectivity index (χ1) is 7.13. The molecule has 0 bridgehead atoms. The highest BCUT2D eigenvalue weighted by Gasteiger charge is 2.37. The van der Waals surface area contributed by atoms with Crippen LogP contribution >= 0.6 is 22.6 Å². The van der Waals surface area contributed by atoms with Gasteiger partial charge in [-0.1, -0.05) is 20.3 Å². The maximum absolute atomic E-state index is 5.90. The summed E-state index contributed by atoms with van der Waals surface area (Å²) in [7, 11) is 0. The number of nitrogens with two attached hydrogens (primary N) is 1. The molecule has 82 valence electrons. The second-order valence-electron chi connectivity index (χ2n) is 4.30. The van der Waals surface area contributed by atoms with Crippen LogP contribution in [0.1, 0.15) is 44.1 Å². The van der Waals surface area contributed by atoms with Crippen molar-refractivity contribution in [2.45, 2.75) is 39.0 Å². The molecule has 0 aliphatic heterocycles. The Kier molecular flexibility index (Phi) is 3.13. The Morgan fingerprint density at radius 3 is 2.67 bits per heavy atom. The zero-order valence-corrected chi connectivity index (χ0v) is 11.3. The zero-order valence-electron chi connectivity index (χ0n) is 9.13. The minimum atomic E-state index is 0.555. The molecule has 0 aromatic carbocycles. The molecule has 0 spiro atoms. The van der Waals surface area contributed by atoms with E-state index >= 15 is 0 Å². The smallest absolute Gasteiger partial charge is 0.140 e. The number of rotatable bonds is 3. The Labute approximate surface area is 104 Å². The van der Waals surface area contributed by atoms with Crippen LogP contribution in [-0.4, -0.2) is 9.97 Å². The monoisotopic (exact) mass is 317 g/mol. The largest absolute Gasteiger partial charge is 0.383 e. The van der Waals surface area contributed by atoms with Gasteiger partial charge in [-0.15, -0.1) is 0 Å². The summed E-state index contributed by atoms with van der Waals surface area (Å²) in [6, 6.07) is 0. The van der Waals surface area contributed by atoms with Crippen molar-refractivity contribution in [3.63, 3.8) is 0 Å². The highest BCUT2D eigenvalue weighted by Crippen LogP contribution is 2.45. The molecule has 0 saturated heterocycles. The van der Waals surface area contributed by atoms with E-state index in [9.17, 15) is 0 Å². The molecule has 1 heterocycles. The lowest BCUT2D eigenvalue weighted by Gasteiger charge is -2.07. The second kappa shape index (κ2) is 4.23. The highest BCUT2D eigenvalue weighted by molar-refractivity contribution is 14.1. The lowest BCUT2D eigenvalue weighted by Crippen LogP contribution is -2.07. The quantitative estimate of drug-likeness (QED) is 0.872. The number of hydrogen-bond donors (Lipinski definition) is 1. The van der Waals surface area contributed by atoms with Gasteiger partial charge in [0, 0.05) is 5.92 Å². The topological polar surface area (TPSA) is 51.8 Å². The number of hydrogen-bond acceptors (Lipinski definition) is 3. The molecule has 1 fully saturated rings. The molecule has 1 aliphatic carbocycles. The molecule has 0 amide bonds. The fraction of sp³-hybridized carbons (Fsp3) is 0.636. The average Bonchev–Trinajstić information content (AvgIpc) is 2.91. The SMILES string of the molecule is CCCc1nc(C2CC2C)nc(N)c1I. The first-order valence-electron chi connectivity index (χ1n) is 5.45. The van der Waals surface area contributed by atoms with E-state index in [-0.39, 0.29) is 0 Å². The van der Waals surface area contributed by atoms with Gasteiger partial charge in [-0.2, -0.15) is 0 Å². The van der Waals surface area contributed by atoms with Crippen molar-refractivity contribution in [2.24, 2.45) is 5.92 Å². The van der Waals surface area contributed by atoms with E-state index < -0.39 is 0 Å². The predicted molar refractivity (Wildman–Crippen MR) is 69.7 cm³/mol. The van der Waals surface area contributed by atoms with Crippen LogP contribution in [0.2, 0.25) is 0 Å². The average molecular weight is 317 g/mol. The summed E-state index contributed by atoms with van der Waals surface area (Å²) in [6.45, 7) is 4.40. The van der Waals surface area contributed by atoms with Gasteiger partial charge in [0.2, 0.25) is 0 Å². The second-order valence-corrected chi connectivity index (χ2v) is 5.38. The van der Waals surface area contributed by atoms with Gasteiger partial charge in [-0.3, -0.25) is 0 Å². The van der Waals surface area contributed by atoms with E-state index in [2.05, 4.69) is 46.4 Å². The van der Waals surface area contributed by atoms with Crippen molar-refractivity contribution in [1.29, 1.82) is 0 Å². The van der Waals surface area contributed by atoms with Crippen LogP contribution in [0.3, 0.4) is 0 Å². The molecule has 1 aromatic heterocycles. The highest BCUT2D eigenvalue weighted by atomic mass is 127. The zero-order chi connectivity index (χ0) is 11.0. The van der Waals surface area contributed by atoms with Crippen LogP contribution in [0.4, 0.5) is 5.82 Å². The fourth-order valence-electron chi connectivity index (χ4n) is 1.78. The lowest BCUT2D eigenvalue weighted by molar-refractivity contribution is 0.796. The van der Waals surface area contributed by atoms with E-state index in [4.69, 9.17) is 5.73 Å².